The van der Waals surface area contributed by atoms with Gasteiger partial charge in [0.15, 0.2) is 0 Å². The van der Waals surface area contributed by atoms with Gasteiger partial charge in [-0.3, -0.25) is 0 Å². The zero-order valence-corrected chi connectivity index (χ0v) is 6.36. The van der Waals surface area contributed by atoms with Gasteiger partial charge in [-0.25, -0.2) is 0 Å². The molecule has 0 aliphatic carbocycles. The Morgan fingerprint density at radius 2 is 2.50 bits per heavy atom. The second-order valence-electron chi connectivity index (χ2n) is 2.33. The molecular weight excluding hydrogens is 162 g/mol. The molecule has 12 heavy (non-hydrogen) atoms. The van der Waals surface area contributed by atoms with Crippen molar-refractivity contribution in [2.45, 2.75) is 12.8 Å². The Hall–Kier alpha value is -1.43. The summed E-state index contributed by atoms with van der Waals surface area (Å²) in [5.74, 6) is -0.108. The van der Waals surface area contributed by atoms with Crippen molar-refractivity contribution in [2.24, 2.45) is 0 Å². The summed E-state index contributed by atoms with van der Waals surface area (Å²) >= 11 is 0. The zero-order chi connectivity index (χ0) is 8.97. The van der Waals surface area contributed by atoms with Crippen molar-refractivity contribution in [1.82, 2.24) is 10.2 Å². The molecule has 0 aliphatic heterocycles. The van der Waals surface area contributed by atoms with Crippen molar-refractivity contribution in [3.8, 4) is 0 Å². The van der Waals surface area contributed by atoms with E-state index in [0.717, 1.165) is 0 Å². The molecule has 2 N–H and O–H groups in total. The largest absolute Gasteiger partial charge is 0.396 e. The van der Waals surface area contributed by atoms with E-state index in [1.54, 1.807) is 0 Å². The molecule has 0 atom stereocenters. The van der Waals surface area contributed by atoms with Crippen molar-refractivity contribution in [3.63, 3.8) is 0 Å². The van der Waals surface area contributed by atoms with E-state index >= 15 is 0 Å². The number of aryl methyl sites for hydroxylation is 1. The lowest BCUT2D eigenvalue weighted by Crippen LogP contribution is -1.88. The third kappa shape index (κ3) is 2.03. The van der Waals surface area contributed by atoms with Gasteiger partial charge >= 0.3 is 5.82 Å². The fourth-order valence-corrected chi connectivity index (χ4v) is 0.833. The maximum Gasteiger partial charge on any atom is 0.342 e. The molecule has 6 heteroatoms. The van der Waals surface area contributed by atoms with Gasteiger partial charge in [0.2, 0.25) is 0 Å². The number of hydrogen-bond donors (Lipinski definition) is 2. The Balaban J connectivity index is 2.58. The summed E-state index contributed by atoms with van der Waals surface area (Å²) in [6, 6.07) is 1.37. The molecule has 0 fully saturated rings. The molecule has 66 valence electrons. The lowest BCUT2D eigenvalue weighted by atomic mass is 10.2. The molecule has 0 aliphatic rings. The summed E-state index contributed by atoms with van der Waals surface area (Å²) in [5.41, 5.74) is 0.607. The average Bonchev–Trinajstić information content (AvgIpc) is 2.48. The molecule has 1 aromatic heterocycles. The van der Waals surface area contributed by atoms with Gasteiger partial charge in [-0.2, -0.15) is 0 Å². The van der Waals surface area contributed by atoms with E-state index in [4.69, 9.17) is 5.11 Å². The Morgan fingerprint density at radius 3 is 3.00 bits per heavy atom. The smallest absolute Gasteiger partial charge is 0.342 e. The monoisotopic (exact) mass is 171 g/mol. The van der Waals surface area contributed by atoms with Crippen LogP contribution >= 0.6 is 0 Å². The van der Waals surface area contributed by atoms with Crippen LogP contribution in [0.1, 0.15) is 12.1 Å². The Kier molecular flexibility index (Phi) is 2.76. The van der Waals surface area contributed by atoms with Crippen molar-refractivity contribution >= 4 is 5.82 Å². The molecule has 0 aromatic carbocycles. The van der Waals surface area contributed by atoms with Crippen LogP contribution in [0.15, 0.2) is 6.07 Å². The van der Waals surface area contributed by atoms with Crippen LogP contribution in [0.2, 0.25) is 0 Å². The van der Waals surface area contributed by atoms with Gasteiger partial charge in [0.1, 0.15) is 0 Å². The maximum absolute atomic E-state index is 10.2. The molecule has 0 saturated carbocycles. The van der Waals surface area contributed by atoms with Gasteiger partial charge < -0.3 is 15.2 Å². The number of aliphatic hydroxyl groups excluding tert-OH is 1. The second-order valence-corrected chi connectivity index (χ2v) is 2.33. The number of aromatic amines is 1. The summed E-state index contributed by atoms with van der Waals surface area (Å²) in [4.78, 5) is 9.64. The van der Waals surface area contributed by atoms with E-state index in [0.29, 0.717) is 18.5 Å². The van der Waals surface area contributed by atoms with E-state index in [-0.39, 0.29) is 12.4 Å². The minimum atomic E-state index is -0.532. The fourth-order valence-electron chi connectivity index (χ4n) is 0.833. The van der Waals surface area contributed by atoms with Crippen molar-refractivity contribution in [3.05, 3.63) is 21.9 Å². The third-order valence-electron chi connectivity index (χ3n) is 1.41. The molecule has 0 spiro atoms. The summed E-state index contributed by atoms with van der Waals surface area (Å²) < 4.78 is 0. The van der Waals surface area contributed by atoms with Crippen LogP contribution in [0.25, 0.3) is 0 Å². The lowest BCUT2D eigenvalue weighted by molar-refractivity contribution is -0.389. The van der Waals surface area contributed by atoms with Crippen LogP contribution in [0.4, 0.5) is 5.82 Å². The molecule has 0 saturated heterocycles. The molecule has 1 heterocycles. The van der Waals surface area contributed by atoms with Crippen molar-refractivity contribution in [1.29, 1.82) is 0 Å². The van der Waals surface area contributed by atoms with E-state index in [9.17, 15) is 10.1 Å². The Labute approximate surface area is 68.4 Å². The molecule has 1 aromatic rings. The van der Waals surface area contributed by atoms with Gasteiger partial charge in [-0.15, -0.1) is 5.10 Å². The van der Waals surface area contributed by atoms with E-state index in [1.807, 2.05) is 0 Å². The van der Waals surface area contributed by atoms with Gasteiger partial charge in [-0.1, -0.05) is 5.10 Å². The summed E-state index contributed by atoms with van der Waals surface area (Å²) in [7, 11) is 0. The first kappa shape index (κ1) is 8.66. The highest BCUT2D eigenvalue weighted by Crippen LogP contribution is 2.08. The highest BCUT2D eigenvalue weighted by Gasteiger charge is 2.08. The Bertz CT molecular complexity index is 271. The summed E-state index contributed by atoms with van der Waals surface area (Å²) in [6.45, 7) is 0.0701. The number of rotatable bonds is 4. The van der Waals surface area contributed by atoms with Crippen LogP contribution in [0.5, 0.6) is 0 Å². The highest BCUT2D eigenvalue weighted by atomic mass is 16.6. The minimum absolute atomic E-state index is 0.0701. The summed E-state index contributed by atoms with van der Waals surface area (Å²) in [6.07, 6.45) is 1.13. The first-order valence-corrected chi connectivity index (χ1v) is 3.53. The van der Waals surface area contributed by atoms with E-state index < -0.39 is 4.92 Å². The lowest BCUT2D eigenvalue weighted by Gasteiger charge is -1.88. The first-order valence-electron chi connectivity index (χ1n) is 3.53. The topological polar surface area (TPSA) is 92.1 Å². The van der Waals surface area contributed by atoms with E-state index in [2.05, 4.69) is 10.2 Å². The molecule has 0 bridgehead atoms. The number of nitro groups is 1. The second kappa shape index (κ2) is 3.82. The number of H-pyrrole nitrogens is 1. The van der Waals surface area contributed by atoms with Gasteiger partial charge in [-0.05, 0) is 17.8 Å². The molecular formula is C6H9N3O3. The number of nitrogens with zero attached hydrogens (tertiary/aromatic N) is 2. The first-order chi connectivity index (χ1) is 5.74. The van der Waals surface area contributed by atoms with Crippen LogP contribution in [-0.2, 0) is 6.42 Å². The normalized spacial score (nSPS) is 10.1. The molecule has 0 radical (unpaired) electrons. The minimum Gasteiger partial charge on any atom is -0.396 e. The molecule has 0 amide bonds. The fraction of sp³-hybridized carbons (Fsp3) is 0.500. The molecule has 6 nitrogen and oxygen atoms in total. The van der Waals surface area contributed by atoms with Gasteiger partial charge in [0.05, 0.1) is 11.8 Å². The number of aliphatic hydroxyl groups is 1. The maximum atomic E-state index is 10.2. The number of aromatic nitrogens is 2. The Morgan fingerprint density at radius 1 is 1.75 bits per heavy atom. The van der Waals surface area contributed by atoms with Gasteiger partial charge in [0.25, 0.3) is 0 Å². The van der Waals surface area contributed by atoms with Gasteiger partial charge in [0, 0.05) is 6.61 Å². The zero-order valence-electron chi connectivity index (χ0n) is 6.36. The SMILES string of the molecule is O=[N+]([O-])c1cc(CCCO)n[nH]1. The third-order valence-corrected chi connectivity index (χ3v) is 1.41. The average molecular weight is 171 g/mol. The van der Waals surface area contributed by atoms with Crippen LogP contribution < -0.4 is 0 Å². The van der Waals surface area contributed by atoms with Crippen LogP contribution in [0.3, 0.4) is 0 Å². The van der Waals surface area contributed by atoms with Crippen molar-refractivity contribution < 1.29 is 10.0 Å². The highest BCUT2D eigenvalue weighted by molar-refractivity contribution is 5.20. The number of nitrogens with one attached hydrogen (secondary N) is 1. The number of hydrogen-bond acceptors (Lipinski definition) is 4. The standard InChI is InChI=1S/C6H9N3O3/c10-3-1-2-5-4-6(8-7-5)9(11)12/h4,10H,1-3H2,(H,7,8). The summed E-state index contributed by atoms with van der Waals surface area (Å²) in [5, 5.41) is 24.6. The van der Waals surface area contributed by atoms with E-state index in [1.165, 1.54) is 6.07 Å². The quantitative estimate of drug-likeness (QED) is 0.501. The molecule has 0 unspecified atom stereocenters. The predicted octanol–water partition coefficient (Wildman–Crippen LogP) is 0.243. The predicted molar refractivity (Wildman–Crippen MR) is 40.6 cm³/mol. The molecule has 1 rings (SSSR count). The van der Waals surface area contributed by atoms with Crippen LogP contribution in [0, 0.1) is 10.1 Å². The van der Waals surface area contributed by atoms with Crippen molar-refractivity contribution in [2.75, 3.05) is 6.61 Å². The van der Waals surface area contributed by atoms with Crippen LogP contribution in [-0.4, -0.2) is 26.8 Å².